The molecule has 2 aromatic carbocycles. The lowest BCUT2D eigenvalue weighted by Gasteiger charge is -2.38. The predicted octanol–water partition coefficient (Wildman–Crippen LogP) is 5.94. The zero-order valence-electron chi connectivity index (χ0n) is 22.6. The number of carbonyl (C=O) groups excluding carboxylic acids is 3. The molecule has 1 heterocycles. The lowest BCUT2D eigenvalue weighted by atomic mass is 9.84. The standard InChI is InChI=1S/C31H39N3O4/c1-31(2)30(37)34(20-28(35)32-24-11-7-4-8-12-24)26-19-23(15-18-27(26)38-31)29(36)33-25-16-13-22(14-17-25)21-9-5-3-6-10-21/h13-19,21,24H,3-12,20H2,1-2H3,(H,32,35)(H,33,36). The van der Waals surface area contributed by atoms with E-state index in [-0.39, 0.29) is 30.3 Å². The van der Waals surface area contributed by atoms with Gasteiger partial charge in [0.05, 0.1) is 5.69 Å². The van der Waals surface area contributed by atoms with Crippen molar-refractivity contribution < 1.29 is 19.1 Å². The average molecular weight is 518 g/mol. The van der Waals surface area contributed by atoms with Crippen molar-refractivity contribution in [2.45, 2.75) is 95.6 Å². The van der Waals surface area contributed by atoms with Crippen LogP contribution in [0.4, 0.5) is 11.4 Å². The lowest BCUT2D eigenvalue weighted by Crippen LogP contribution is -2.55. The summed E-state index contributed by atoms with van der Waals surface area (Å²) in [6, 6.07) is 13.3. The maximum atomic E-state index is 13.3. The third-order valence-corrected chi connectivity index (χ3v) is 8.15. The number of amides is 3. The predicted molar refractivity (Wildman–Crippen MR) is 149 cm³/mol. The van der Waals surface area contributed by atoms with Gasteiger partial charge in [-0.2, -0.15) is 0 Å². The van der Waals surface area contributed by atoms with Crippen molar-refractivity contribution in [1.29, 1.82) is 0 Å². The van der Waals surface area contributed by atoms with Crippen LogP contribution in [0.2, 0.25) is 0 Å². The van der Waals surface area contributed by atoms with Gasteiger partial charge in [0, 0.05) is 17.3 Å². The largest absolute Gasteiger partial charge is 0.476 e. The highest BCUT2D eigenvalue weighted by Gasteiger charge is 2.42. The summed E-state index contributed by atoms with van der Waals surface area (Å²) >= 11 is 0. The van der Waals surface area contributed by atoms with Crippen molar-refractivity contribution in [1.82, 2.24) is 5.32 Å². The molecule has 2 N–H and O–H groups in total. The molecule has 2 aliphatic carbocycles. The third kappa shape index (κ3) is 5.87. The van der Waals surface area contributed by atoms with Gasteiger partial charge in [0.15, 0.2) is 5.60 Å². The van der Waals surface area contributed by atoms with Crippen molar-refractivity contribution in [2.24, 2.45) is 0 Å². The van der Waals surface area contributed by atoms with Gasteiger partial charge >= 0.3 is 0 Å². The van der Waals surface area contributed by atoms with Gasteiger partial charge in [-0.05, 0) is 81.3 Å². The Balaban J connectivity index is 1.31. The Kier molecular flexibility index (Phi) is 7.73. The van der Waals surface area contributed by atoms with Crippen molar-refractivity contribution in [3.8, 4) is 5.75 Å². The minimum atomic E-state index is -1.11. The first-order valence-corrected chi connectivity index (χ1v) is 14.2. The molecule has 0 bridgehead atoms. The van der Waals surface area contributed by atoms with E-state index in [9.17, 15) is 14.4 Å². The molecule has 38 heavy (non-hydrogen) atoms. The Morgan fingerprint density at radius 2 is 1.58 bits per heavy atom. The Hall–Kier alpha value is -3.35. The number of nitrogens with zero attached hydrogens (tertiary/aromatic N) is 1. The smallest absolute Gasteiger partial charge is 0.271 e. The van der Waals surface area contributed by atoms with E-state index in [1.165, 1.54) is 49.0 Å². The second kappa shape index (κ2) is 11.2. The number of hydrogen-bond acceptors (Lipinski definition) is 4. The Morgan fingerprint density at radius 1 is 0.921 bits per heavy atom. The highest BCUT2D eigenvalue weighted by Crippen LogP contribution is 2.39. The molecule has 0 saturated heterocycles. The molecule has 5 rings (SSSR count). The number of carbonyl (C=O) groups is 3. The summed E-state index contributed by atoms with van der Waals surface area (Å²) in [5.74, 6) is 0.314. The van der Waals surface area contributed by atoms with Crippen LogP contribution in [0.25, 0.3) is 0 Å². The van der Waals surface area contributed by atoms with Gasteiger partial charge < -0.3 is 15.4 Å². The van der Waals surface area contributed by atoms with Crippen molar-refractivity contribution in [3.63, 3.8) is 0 Å². The molecule has 3 aliphatic rings. The Bertz CT molecular complexity index is 1180. The van der Waals surface area contributed by atoms with Gasteiger partial charge in [-0.1, -0.05) is 50.7 Å². The van der Waals surface area contributed by atoms with Crippen molar-refractivity contribution in [3.05, 3.63) is 53.6 Å². The fourth-order valence-corrected chi connectivity index (χ4v) is 6.01. The van der Waals surface area contributed by atoms with Gasteiger partial charge in [-0.15, -0.1) is 0 Å². The van der Waals surface area contributed by atoms with Crippen molar-refractivity contribution in [2.75, 3.05) is 16.8 Å². The van der Waals surface area contributed by atoms with Crippen LogP contribution in [-0.2, 0) is 9.59 Å². The number of hydrogen-bond donors (Lipinski definition) is 2. The number of nitrogens with one attached hydrogen (secondary N) is 2. The molecule has 202 valence electrons. The Morgan fingerprint density at radius 3 is 2.26 bits per heavy atom. The molecule has 0 unspecified atom stereocenters. The second-order valence-electron chi connectivity index (χ2n) is 11.5. The molecule has 0 atom stereocenters. The van der Waals surface area contributed by atoms with Crippen LogP contribution < -0.4 is 20.3 Å². The van der Waals surface area contributed by atoms with E-state index in [2.05, 4.69) is 22.8 Å². The second-order valence-corrected chi connectivity index (χ2v) is 11.5. The van der Waals surface area contributed by atoms with Crippen LogP contribution in [0.3, 0.4) is 0 Å². The molecule has 0 radical (unpaired) electrons. The lowest BCUT2D eigenvalue weighted by molar-refractivity contribution is -0.134. The Labute approximate surface area is 225 Å². The summed E-state index contributed by atoms with van der Waals surface area (Å²) in [4.78, 5) is 40.8. The van der Waals surface area contributed by atoms with Gasteiger partial charge in [-0.25, -0.2) is 0 Å². The van der Waals surface area contributed by atoms with Crippen LogP contribution >= 0.6 is 0 Å². The monoisotopic (exact) mass is 517 g/mol. The number of ether oxygens (including phenoxy) is 1. The molecule has 0 spiro atoms. The quantitative estimate of drug-likeness (QED) is 0.496. The number of fused-ring (bicyclic) bond motifs is 1. The first kappa shape index (κ1) is 26.3. The zero-order chi connectivity index (χ0) is 26.7. The summed E-state index contributed by atoms with van der Waals surface area (Å²) in [5, 5.41) is 6.06. The molecule has 1 aliphatic heterocycles. The maximum absolute atomic E-state index is 13.3. The van der Waals surface area contributed by atoms with Gasteiger partial charge in [0.25, 0.3) is 11.8 Å². The van der Waals surface area contributed by atoms with Gasteiger partial charge in [0.1, 0.15) is 12.3 Å². The summed E-state index contributed by atoms with van der Waals surface area (Å²) in [5.41, 5.74) is 1.78. The van der Waals surface area contributed by atoms with Gasteiger partial charge in [0.2, 0.25) is 5.91 Å². The first-order valence-electron chi connectivity index (χ1n) is 14.2. The molecular formula is C31H39N3O4. The fourth-order valence-electron chi connectivity index (χ4n) is 6.01. The van der Waals surface area contributed by atoms with Gasteiger partial charge in [-0.3, -0.25) is 19.3 Å². The minimum Gasteiger partial charge on any atom is -0.476 e. The molecule has 7 heteroatoms. The van der Waals surface area contributed by atoms with E-state index in [0.717, 1.165) is 31.4 Å². The van der Waals surface area contributed by atoms with Crippen LogP contribution in [0.1, 0.15) is 99.9 Å². The highest BCUT2D eigenvalue weighted by atomic mass is 16.5. The van der Waals surface area contributed by atoms with Crippen molar-refractivity contribution >= 4 is 29.1 Å². The summed E-state index contributed by atoms with van der Waals surface area (Å²) in [6.45, 7) is 3.28. The number of anilines is 2. The minimum absolute atomic E-state index is 0.108. The molecule has 3 amide bonds. The van der Waals surface area contributed by atoms with Crippen LogP contribution in [0.5, 0.6) is 5.75 Å². The summed E-state index contributed by atoms with van der Waals surface area (Å²) < 4.78 is 5.96. The molecular weight excluding hydrogens is 478 g/mol. The molecule has 2 aromatic rings. The van der Waals surface area contributed by atoms with E-state index in [0.29, 0.717) is 22.9 Å². The summed E-state index contributed by atoms with van der Waals surface area (Å²) in [6.07, 6.45) is 11.7. The van der Waals surface area contributed by atoms with Crippen LogP contribution in [0.15, 0.2) is 42.5 Å². The number of rotatable bonds is 6. The van der Waals surface area contributed by atoms with E-state index in [1.807, 2.05) is 12.1 Å². The van der Waals surface area contributed by atoms with E-state index < -0.39 is 5.60 Å². The average Bonchev–Trinajstić information content (AvgIpc) is 2.92. The highest BCUT2D eigenvalue weighted by molar-refractivity contribution is 6.09. The SMILES string of the molecule is CC1(C)Oc2ccc(C(=O)Nc3ccc(C4CCCCC4)cc3)cc2N(CC(=O)NC2CCCCC2)C1=O. The molecule has 2 fully saturated rings. The molecule has 7 nitrogen and oxygen atoms in total. The van der Waals surface area contributed by atoms with E-state index in [4.69, 9.17) is 4.74 Å². The molecule has 0 aromatic heterocycles. The maximum Gasteiger partial charge on any atom is 0.271 e. The van der Waals surface area contributed by atoms with E-state index >= 15 is 0 Å². The molecule has 2 saturated carbocycles. The fraction of sp³-hybridized carbons (Fsp3) is 0.516. The van der Waals surface area contributed by atoms with Crippen LogP contribution in [-0.4, -0.2) is 35.9 Å². The zero-order valence-corrected chi connectivity index (χ0v) is 22.6. The third-order valence-electron chi connectivity index (χ3n) is 8.15. The van der Waals surface area contributed by atoms with Crippen LogP contribution in [0, 0.1) is 0 Å². The summed E-state index contributed by atoms with van der Waals surface area (Å²) in [7, 11) is 0. The topological polar surface area (TPSA) is 87.7 Å². The number of benzene rings is 2. The first-order chi connectivity index (χ1) is 18.3. The van der Waals surface area contributed by atoms with E-state index in [1.54, 1.807) is 32.0 Å². The normalized spacial score (nSPS) is 19.8.